The van der Waals surface area contributed by atoms with Crippen molar-refractivity contribution in [2.45, 2.75) is 38.8 Å². The Hall–Kier alpha value is -1.98. The van der Waals surface area contributed by atoms with Crippen LogP contribution in [0.3, 0.4) is 0 Å². The topological polar surface area (TPSA) is 82.8 Å². The molecule has 6 nitrogen and oxygen atoms in total. The van der Waals surface area contributed by atoms with Crippen molar-refractivity contribution in [1.29, 1.82) is 0 Å². The van der Waals surface area contributed by atoms with Crippen molar-refractivity contribution in [3.05, 3.63) is 23.7 Å². The van der Waals surface area contributed by atoms with Gasteiger partial charge in [0.1, 0.15) is 17.6 Å². The molecule has 0 saturated carbocycles. The number of nitrogens with one attached hydrogen (secondary N) is 1. The highest BCUT2D eigenvalue weighted by molar-refractivity contribution is 5.82. The van der Waals surface area contributed by atoms with Gasteiger partial charge in [0.05, 0.1) is 6.54 Å². The number of likely N-dealkylation sites (tertiary alicyclic amines) is 1. The maximum Gasteiger partial charge on any atom is 0.326 e. The lowest BCUT2D eigenvalue weighted by molar-refractivity contribution is -0.143. The Kier molecular flexibility index (Phi) is 4.09. The second kappa shape index (κ2) is 5.77. The van der Waals surface area contributed by atoms with Crippen LogP contribution in [0.15, 0.2) is 16.5 Å². The van der Waals surface area contributed by atoms with Crippen molar-refractivity contribution >= 4 is 12.0 Å². The maximum absolute atomic E-state index is 12.0. The number of aryl methyl sites for hydroxylation is 1. The van der Waals surface area contributed by atoms with Crippen LogP contribution in [-0.2, 0) is 11.3 Å². The number of aliphatic carboxylic acids is 1. The monoisotopic (exact) mass is 266 g/mol. The lowest BCUT2D eigenvalue weighted by atomic mass is 10.0. The molecule has 1 unspecified atom stereocenters. The Bertz CT molecular complexity index is 469. The van der Waals surface area contributed by atoms with Crippen molar-refractivity contribution in [2.75, 3.05) is 6.54 Å². The van der Waals surface area contributed by atoms with Gasteiger partial charge in [-0.25, -0.2) is 9.59 Å². The fourth-order valence-corrected chi connectivity index (χ4v) is 2.28. The number of carboxylic acid groups (broad SMARTS) is 1. The number of amides is 2. The minimum atomic E-state index is -0.941. The Balaban J connectivity index is 1.92. The van der Waals surface area contributed by atoms with E-state index in [0.29, 0.717) is 18.7 Å². The zero-order valence-corrected chi connectivity index (χ0v) is 10.9. The highest BCUT2D eigenvalue weighted by atomic mass is 16.4. The lowest BCUT2D eigenvalue weighted by Crippen LogP contribution is -2.51. The second-order valence-corrected chi connectivity index (χ2v) is 4.71. The third-order valence-electron chi connectivity index (χ3n) is 3.26. The summed E-state index contributed by atoms with van der Waals surface area (Å²) in [6.45, 7) is 2.59. The quantitative estimate of drug-likeness (QED) is 0.873. The summed E-state index contributed by atoms with van der Waals surface area (Å²) in [4.78, 5) is 24.5. The van der Waals surface area contributed by atoms with Crippen LogP contribution in [0.2, 0.25) is 0 Å². The summed E-state index contributed by atoms with van der Waals surface area (Å²) >= 11 is 0. The van der Waals surface area contributed by atoms with Crippen molar-refractivity contribution in [1.82, 2.24) is 10.2 Å². The number of carbonyl (C=O) groups excluding carboxylic acids is 1. The molecule has 0 aliphatic carbocycles. The van der Waals surface area contributed by atoms with Gasteiger partial charge in [0.2, 0.25) is 0 Å². The van der Waals surface area contributed by atoms with Crippen molar-refractivity contribution in [3.8, 4) is 0 Å². The lowest BCUT2D eigenvalue weighted by Gasteiger charge is -2.32. The molecule has 2 amide bonds. The predicted octanol–water partition coefficient (Wildman–Crippen LogP) is 1.74. The Morgan fingerprint density at radius 1 is 1.47 bits per heavy atom. The molecule has 104 valence electrons. The minimum absolute atomic E-state index is 0.273. The zero-order valence-electron chi connectivity index (χ0n) is 10.9. The third-order valence-corrected chi connectivity index (χ3v) is 3.26. The molecule has 2 rings (SSSR count). The number of piperidine rings is 1. The molecule has 1 aliphatic rings. The number of urea groups is 1. The summed E-state index contributed by atoms with van der Waals surface area (Å²) in [6, 6.07) is 2.55. The van der Waals surface area contributed by atoms with E-state index in [1.165, 1.54) is 4.90 Å². The Morgan fingerprint density at radius 3 is 2.89 bits per heavy atom. The molecular formula is C13H18N2O4. The van der Waals surface area contributed by atoms with E-state index in [0.717, 1.165) is 18.6 Å². The SMILES string of the molecule is Cc1ccc(CNC(=O)N2CCCCC2C(=O)O)o1. The van der Waals surface area contributed by atoms with Gasteiger partial charge in [0.15, 0.2) is 0 Å². The molecule has 0 spiro atoms. The summed E-state index contributed by atoms with van der Waals surface area (Å²) < 4.78 is 5.35. The first kappa shape index (κ1) is 13.5. The van der Waals surface area contributed by atoms with Crippen molar-refractivity contribution in [3.63, 3.8) is 0 Å². The number of hydrogen-bond acceptors (Lipinski definition) is 3. The normalized spacial score (nSPS) is 19.2. The fraction of sp³-hybridized carbons (Fsp3) is 0.538. The Labute approximate surface area is 111 Å². The molecule has 1 atom stereocenters. The van der Waals surface area contributed by atoms with Crippen LogP contribution in [0.25, 0.3) is 0 Å². The van der Waals surface area contributed by atoms with Crippen LogP contribution >= 0.6 is 0 Å². The number of hydrogen-bond donors (Lipinski definition) is 2. The van der Waals surface area contributed by atoms with Crippen molar-refractivity contribution in [2.24, 2.45) is 0 Å². The molecule has 2 N–H and O–H groups in total. The average Bonchev–Trinajstić information content (AvgIpc) is 2.81. The van der Waals surface area contributed by atoms with E-state index in [9.17, 15) is 9.59 Å². The molecule has 1 aromatic rings. The third kappa shape index (κ3) is 3.27. The van der Waals surface area contributed by atoms with Crippen LogP contribution in [0.4, 0.5) is 4.79 Å². The standard InChI is InChI=1S/C13H18N2O4/c1-9-5-6-10(19-9)8-14-13(18)15-7-3-2-4-11(15)12(16)17/h5-6,11H,2-4,7-8H2,1H3,(H,14,18)(H,16,17). The molecule has 1 aliphatic heterocycles. The van der Waals surface area contributed by atoms with Crippen LogP contribution in [0.1, 0.15) is 30.8 Å². The minimum Gasteiger partial charge on any atom is -0.480 e. The van der Waals surface area contributed by atoms with Crippen LogP contribution < -0.4 is 5.32 Å². The highest BCUT2D eigenvalue weighted by Gasteiger charge is 2.31. The van der Waals surface area contributed by atoms with Crippen LogP contribution in [0.5, 0.6) is 0 Å². The zero-order chi connectivity index (χ0) is 13.8. The van der Waals surface area contributed by atoms with Gasteiger partial charge in [-0.05, 0) is 38.3 Å². The number of carboxylic acids is 1. The summed E-state index contributed by atoms with van der Waals surface area (Å²) in [5.74, 6) is 0.504. The molecule has 0 bridgehead atoms. The molecule has 1 saturated heterocycles. The Morgan fingerprint density at radius 2 is 2.26 bits per heavy atom. The number of carbonyl (C=O) groups is 2. The highest BCUT2D eigenvalue weighted by Crippen LogP contribution is 2.17. The van der Waals surface area contributed by atoms with Crippen molar-refractivity contribution < 1.29 is 19.1 Å². The summed E-state index contributed by atoms with van der Waals surface area (Å²) in [5, 5.41) is 11.8. The van der Waals surface area contributed by atoms with Gasteiger partial charge in [-0.3, -0.25) is 0 Å². The maximum atomic E-state index is 12.0. The van der Waals surface area contributed by atoms with Gasteiger partial charge in [-0.2, -0.15) is 0 Å². The number of furan rings is 1. The summed E-state index contributed by atoms with van der Waals surface area (Å²) in [5.41, 5.74) is 0. The van der Waals surface area contributed by atoms with E-state index in [1.54, 1.807) is 6.07 Å². The molecule has 0 radical (unpaired) electrons. The van der Waals surface area contributed by atoms with Gasteiger partial charge in [-0.15, -0.1) is 0 Å². The van der Waals surface area contributed by atoms with Gasteiger partial charge in [0.25, 0.3) is 0 Å². The first-order valence-corrected chi connectivity index (χ1v) is 6.40. The second-order valence-electron chi connectivity index (χ2n) is 4.71. The largest absolute Gasteiger partial charge is 0.480 e. The molecule has 1 fully saturated rings. The molecule has 19 heavy (non-hydrogen) atoms. The molecule has 0 aromatic carbocycles. The first-order chi connectivity index (χ1) is 9.08. The predicted molar refractivity (Wildman–Crippen MR) is 67.7 cm³/mol. The average molecular weight is 266 g/mol. The molecular weight excluding hydrogens is 248 g/mol. The number of nitrogens with zero attached hydrogens (tertiary/aromatic N) is 1. The van der Waals surface area contributed by atoms with Gasteiger partial charge >= 0.3 is 12.0 Å². The summed E-state index contributed by atoms with van der Waals surface area (Å²) in [6.07, 6.45) is 2.21. The van der Waals surface area contributed by atoms with Gasteiger partial charge in [-0.1, -0.05) is 0 Å². The van der Waals surface area contributed by atoms with Crippen LogP contribution in [-0.4, -0.2) is 34.6 Å². The smallest absolute Gasteiger partial charge is 0.326 e. The summed E-state index contributed by atoms with van der Waals surface area (Å²) in [7, 11) is 0. The van der Waals surface area contributed by atoms with E-state index in [4.69, 9.17) is 9.52 Å². The van der Waals surface area contributed by atoms with Crippen LogP contribution in [0, 0.1) is 6.92 Å². The van der Waals surface area contributed by atoms with E-state index in [2.05, 4.69) is 5.32 Å². The van der Waals surface area contributed by atoms with E-state index in [1.807, 2.05) is 13.0 Å². The molecule has 6 heteroatoms. The van der Waals surface area contributed by atoms with E-state index in [-0.39, 0.29) is 12.6 Å². The van der Waals surface area contributed by atoms with Gasteiger partial charge < -0.3 is 19.7 Å². The first-order valence-electron chi connectivity index (χ1n) is 6.40. The fourth-order valence-electron chi connectivity index (χ4n) is 2.28. The van der Waals surface area contributed by atoms with Gasteiger partial charge in [0, 0.05) is 6.54 Å². The molecule has 2 heterocycles. The van der Waals surface area contributed by atoms with E-state index < -0.39 is 12.0 Å². The van der Waals surface area contributed by atoms with E-state index >= 15 is 0 Å². The molecule has 1 aromatic heterocycles. The number of rotatable bonds is 3.